The van der Waals surface area contributed by atoms with Crippen molar-refractivity contribution in [2.24, 2.45) is 0 Å². The first-order valence-corrected chi connectivity index (χ1v) is 7.90. The lowest BCUT2D eigenvalue weighted by Crippen LogP contribution is -2.46. The highest BCUT2D eigenvalue weighted by molar-refractivity contribution is 6.30. The van der Waals surface area contributed by atoms with Crippen molar-refractivity contribution in [3.05, 3.63) is 34.9 Å². The molecule has 0 bridgehead atoms. The lowest BCUT2D eigenvalue weighted by molar-refractivity contribution is 0.191. The van der Waals surface area contributed by atoms with E-state index in [0.717, 1.165) is 23.5 Å². The SMILES string of the molecule is Clc1ccc(CCN2CCCC(NC3CC3)C2)cc1. The second-order valence-electron chi connectivity index (χ2n) is 5.96. The summed E-state index contributed by atoms with van der Waals surface area (Å²) in [4.78, 5) is 2.61. The summed E-state index contributed by atoms with van der Waals surface area (Å²) in [6.45, 7) is 3.66. The van der Waals surface area contributed by atoms with Gasteiger partial charge in [0.1, 0.15) is 0 Å². The molecule has 19 heavy (non-hydrogen) atoms. The van der Waals surface area contributed by atoms with Crippen LogP contribution >= 0.6 is 11.6 Å². The maximum absolute atomic E-state index is 5.92. The molecule has 1 N–H and O–H groups in total. The van der Waals surface area contributed by atoms with E-state index in [9.17, 15) is 0 Å². The van der Waals surface area contributed by atoms with Gasteiger partial charge in [-0.05, 0) is 56.3 Å². The predicted octanol–water partition coefficient (Wildman–Crippen LogP) is 3.10. The third-order valence-corrected chi connectivity index (χ3v) is 4.44. The Bertz CT molecular complexity index is 400. The van der Waals surface area contributed by atoms with Crippen LogP contribution in [0.5, 0.6) is 0 Å². The minimum absolute atomic E-state index is 0.728. The van der Waals surface area contributed by atoms with Crippen molar-refractivity contribution in [1.82, 2.24) is 10.2 Å². The minimum atomic E-state index is 0.728. The molecule has 0 aromatic heterocycles. The zero-order chi connectivity index (χ0) is 13.1. The summed E-state index contributed by atoms with van der Waals surface area (Å²) in [5.41, 5.74) is 1.39. The highest BCUT2D eigenvalue weighted by Gasteiger charge is 2.27. The smallest absolute Gasteiger partial charge is 0.0406 e. The number of likely N-dealkylation sites (tertiary alicyclic amines) is 1. The first-order valence-electron chi connectivity index (χ1n) is 7.52. The molecular formula is C16H23ClN2. The van der Waals surface area contributed by atoms with Crippen molar-refractivity contribution in [1.29, 1.82) is 0 Å². The second-order valence-corrected chi connectivity index (χ2v) is 6.39. The van der Waals surface area contributed by atoms with Gasteiger partial charge >= 0.3 is 0 Å². The molecule has 1 aromatic carbocycles. The molecule has 2 aliphatic rings. The Morgan fingerprint density at radius 3 is 2.63 bits per heavy atom. The molecule has 1 saturated heterocycles. The zero-order valence-corrected chi connectivity index (χ0v) is 12.2. The fraction of sp³-hybridized carbons (Fsp3) is 0.625. The Labute approximate surface area is 121 Å². The number of nitrogens with zero attached hydrogens (tertiary/aromatic N) is 1. The van der Waals surface area contributed by atoms with Crippen molar-refractivity contribution in [2.75, 3.05) is 19.6 Å². The topological polar surface area (TPSA) is 15.3 Å². The van der Waals surface area contributed by atoms with Gasteiger partial charge in [-0.2, -0.15) is 0 Å². The van der Waals surface area contributed by atoms with E-state index >= 15 is 0 Å². The van der Waals surface area contributed by atoms with Crippen molar-refractivity contribution in [3.63, 3.8) is 0 Å². The molecule has 1 atom stereocenters. The van der Waals surface area contributed by atoms with Crippen molar-refractivity contribution >= 4 is 11.6 Å². The molecule has 104 valence electrons. The van der Waals surface area contributed by atoms with Gasteiger partial charge in [-0.15, -0.1) is 0 Å². The van der Waals surface area contributed by atoms with Crippen LogP contribution in [0.4, 0.5) is 0 Å². The van der Waals surface area contributed by atoms with E-state index in [2.05, 4.69) is 22.3 Å². The molecular weight excluding hydrogens is 256 g/mol. The van der Waals surface area contributed by atoms with Gasteiger partial charge in [-0.3, -0.25) is 0 Å². The number of hydrogen-bond donors (Lipinski definition) is 1. The van der Waals surface area contributed by atoms with Crippen molar-refractivity contribution < 1.29 is 0 Å². The van der Waals surface area contributed by atoms with Gasteiger partial charge in [0.05, 0.1) is 0 Å². The third-order valence-electron chi connectivity index (χ3n) is 4.18. The van der Waals surface area contributed by atoms with E-state index in [0.29, 0.717) is 0 Å². The molecule has 2 fully saturated rings. The monoisotopic (exact) mass is 278 g/mol. The average Bonchev–Trinajstić information content (AvgIpc) is 3.23. The lowest BCUT2D eigenvalue weighted by atomic mass is 10.0. The maximum Gasteiger partial charge on any atom is 0.0406 e. The van der Waals surface area contributed by atoms with Gasteiger partial charge in [0.2, 0.25) is 0 Å². The Morgan fingerprint density at radius 2 is 1.89 bits per heavy atom. The van der Waals surface area contributed by atoms with E-state index < -0.39 is 0 Å². The highest BCUT2D eigenvalue weighted by Crippen LogP contribution is 2.22. The highest BCUT2D eigenvalue weighted by atomic mass is 35.5. The standard InChI is InChI=1S/C16H23ClN2/c17-14-5-3-13(4-6-14)9-11-19-10-1-2-16(12-19)18-15-7-8-15/h3-6,15-16,18H,1-2,7-12H2. The van der Waals surface area contributed by atoms with E-state index in [4.69, 9.17) is 11.6 Å². The van der Waals surface area contributed by atoms with Crippen LogP contribution in [0.2, 0.25) is 5.02 Å². The number of nitrogens with one attached hydrogen (secondary N) is 1. The molecule has 0 spiro atoms. The Balaban J connectivity index is 1.44. The van der Waals surface area contributed by atoms with Crippen LogP contribution < -0.4 is 5.32 Å². The van der Waals surface area contributed by atoms with Crippen LogP contribution in [0.25, 0.3) is 0 Å². The molecule has 1 aliphatic carbocycles. The molecule has 0 amide bonds. The van der Waals surface area contributed by atoms with Crippen molar-refractivity contribution in [3.8, 4) is 0 Å². The fourth-order valence-corrected chi connectivity index (χ4v) is 3.04. The third kappa shape index (κ3) is 4.20. The van der Waals surface area contributed by atoms with Gasteiger partial charge < -0.3 is 10.2 Å². The molecule has 1 heterocycles. The van der Waals surface area contributed by atoms with Crippen LogP contribution in [0.3, 0.4) is 0 Å². The summed E-state index contributed by atoms with van der Waals surface area (Å²) in [5, 5.41) is 4.60. The van der Waals surface area contributed by atoms with Gasteiger partial charge in [0.15, 0.2) is 0 Å². The molecule has 3 heteroatoms. The molecule has 1 unspecified atom stereocenters. The Hall–Kier alpha value is -0.570. The van der Waals surface area contributed by atoms with Gasteiger partial charge in [0.25, 0.3) is 0 Å². The zero-order valence-electron chi connectivity index (χ0n) is 11.4. The summed E-state index contributed by atoms with van der Waals surface area (Å²) in [6.07, 6.45) is 6.61. The Morgan fingerprint density at radius 1 is 1.11 bits per heavy atom. The van der Waals surface area contributed by atoms with Gasteiger partial charge in [0, 0.05) is 30.2 Å². The number of rotatable bonds is 5. The molecule has 1 aliphatic heterocycles. The first kappa shape index (κ1) is 13.4. The predicted molar refractivity (Wildman–Crippen MR) is 80.8 cm³/mol. The fourth-order valence-electron chi connectivity index (χ4n) is 2.92. The Kier molecular flexibility index (Phi) is 4.42. The maximum atomic E-state index is 5.92. The van der Waals surface area contributed by atoms with Crippen LogP contribution in [-0.4, -0.2) is 36.6 Å². The molecule has 3 rings (SSSR count). The van der Waals surface area contributed by atoms with E-state index in [1.165, 1.54) is 50.9 Å². The van der Waals surface area contributed by atoms with E-state index in [1.54, 1.807) is 0 Å². The lowest BCUT2D eigenvalue weighted by Gasteiger charge is -2.33. The summed E-state index contributed by atoms with van der Waals surface area (Å²) in [5.74, 6) is 0. The molecule has 0 radical (unpaired) electrons. The summed E-state index contributed by atoms with van der Waals surface area (Å²) in [7, 11) is 0. The van der Waals surface area contributed by atoms with E-state index in [1.807, 2.05) is 12.1 Å². The van der Waals surface area contributed by atoms with Crippen LogP contribution in [0, 0.1) is 0 Å². The van der Waals surface area contributed by atoms with E-state index in [-0.39, 0.29) is 0 Å². The first-order chi connectivity index (χ1) is 9.29. The number of halogens is 1. The molecule has 2 nitrogen and oxygen atoms in total. The number of benzene rings is 1. The van der Waals surface area contributed by atoms with Crippen molar-refractivity contribution in [2.45, 2.75) is 44.2 Å². The average molecular weight is 279 g/mol. The van der Waals surface area contributed by atoms with Gasteiger partial charge in [-0.25, -0.2) is 0 Å². The molecule has 1 saturated carbocycles. The minimum Gasteiger partial charge on any atom is -0.310 e. The quantitative estimate of drug-likeness (QED) is 0.890. The number of hydrogen-bond acceptors (Lipinski definition) is 2. The molecule has 1 aromatic rings. The van der Waals surface area contributed by atoms with Crippen LogP contribution in [0.1, 0.15) is 31.2 Å². The second kappa shape index (κ2) is 6.25. The number of piperidine rings is 1. The summed E-state index contributed by atoms with van der Waals surface area (Å²) in [6, 6.07) is 9.83. The van der Waals surface area contributed by atoms with Crippen LogP contribution in [-0.2, 0) is 6.42 Å². The largest absolute Gasteiger partial charge is 0.310 e. The van der Waals surface area contributed by atoms with Crippen LogP contribution in [0.15, 0.2) is 24.3 Å². The summed E-state index contributed by atoms with van der Waals surface area (Å²) >= 11 is 5.92. The normalized spacial score (nSPS) is 24.6. The summed E-state index contributed by atoms with van der Waals surface area (Å²) < 4.78 is 0. The van der Waals surface area contributed by atoms with Gasteiger partial charge in [-0.1, -0.05) is 23.7 Å².